The molecule has 0 radical (unpaired) electrons. The van der Waals surface area contributed by atoms with Gasteiger partial charge in [0.1, 0.15) is 0 Å². The molecule has 2 amide bonds. The van der Waals surface area contributed by atoms with Gasteiger partial charge in [-0.15, -0.1) is 0 Å². The summed E-state index contributed by atoms with van der Waals surface area (Å²) in [5, 5.41) is 2.97. The Morgan fingerprint density at radius 3 is 2.62 bits per heavy atom. The summed E-state index contributed by atoms with van der Waals surface area (Å²) >= 11 is 0. The second-order valence-corrected chi connectivity index (χ2v) is 6.31. The number of anilines is 1. The van der Waals surface area contributed by atoms with Gasteiger partial charge in [-0.05, 0) is 23.8 Å². The van der Waals surface area contributed by atoms with E-state index in [1.54, 1.807) is 6.07 Å². The summed E-state index contributed by atoms with van der Waals surface area (Å²) in [7, 11) is 0. The first-order valence-electron chi connectivity index (χ1n) is 8.63. The van der Waals surface area contributed by atoms with E-state index in [1.165, 1.54) is 0 Å². The van der Waals surface area contributed by atoms with Crippen LogP contribution in [0.1, 0.15) is 5.56 Å². The Labute approximate surface area is 150 Å². The zero-order valence-corrected chi connectivity index (χ0v) is 14.3. The van der Waals surface area contributed by atoms with Crippen molar-refractivity contribution in [2.45, 2.75) is 6.54 Å². The lowest BCUT2D eigenvalue weighted by atomic mass is 10.2. The first kappa shape index (κ1) is 16.3. The van der Waals surface area contributed by atoms with Crippen molar-refractivity contribution in [1.82, 2.24) is 15.2 Å². The van der Waals surface area contributed by atoms with Crippen LogP contribution in [0.4, 0.5) is 10.5 Å². The number of rotatable bonds is 3. The fourth-order valence-electron chi connectivity index (χ4n) is 3.19. The Balaban J connectivity index is 1.34. The number of carbonyl (C=O) groups excluding carboxylic acids is 1. The zero-order chi connectivity index (χ0) is 17.9. The molecule has 0 saturated carbocycles. The summed E-state index contributed by atoms with van der Waals surface area (Å²) in [5.41, 5.74) is 3.34. The van der Waals surface area contributed by atoms with Gasteiger partial charge in [-0.1, -0.05) is 30.3 Å². The number of piperazine rings is 1. The van der Waals surface area contributed by atoms with Crippen LogP contribution in [0.2, 0.25) is 0 Å². The topological polar surface area (TPSA) is 81.6 Å². The van der Waals surface area contributed by atoms with Crippen molar-refractivity contribution in [2.75, 3.05) is 31.1 Å². The number of benzene rings is 2. The Hall–Kier alpha value is -3.22. The van der Waals surface area contributed by atoms with Crippen LogP contribution in [0.15, 0.2) is 57.7 Å². The number of fused-ring (bicyclic) bond motifs is 1. The van der Waals surface area contributed by atoms with Crippen LogP contribution in [0.25, 0.3) is 11.1 Å². The van der Waals surface area contributed by atoms with Crippen LogP contribution in [0, 0.1) is 0 Å². The third-order valence-corrected chi connectivity index (χ3v) is 4.62. The summed E-state index contributed by atoms with van der Waals surface area (Å²) in [6.07, 6.45) is 0. The van der Waals surface area contributed by atoms with E-state index in [-0.39, 0.29) is 6.03 Å². The first-order valence-corrected chi connectivity index (χ1v) is 8.63. The van der Waals surface area contributed by atoms with Gasteiger partial charge in [0.25, 0.3) is 0 Å². The summed E-state index contributed by atoms with van der Waals surface area (Å²) in [6.45, 7) is 3.32. The molecule has 2 N–H and O–H groups in total. The second-order valence-electron chi connectivity index (χ2n) is 6.31. The van der Waals surface area contributed by atoms with E-state index in [0.29, 0.717) is 30.7 Å². The smallest absolute Gasteiger partial charge is 0.408 e. The summed E-state index contributed by atoms with van der Waals surface area (Å²) in [5.74, 6) is -0.447. The van der Waals surface area contributed by atoms with Crippen LogP contribution < -0.4 is 16.0 Å². The molecule has 1 aliphatic rings. The highest BCUT2D eigenvalue weighted by molar-refractivity contribution is 5.78. The van der Waals surface area contributed by atoms with Crippen molar-refractivity contribution in [3.8, 4) is 0 Å². The number of nitrogens with one attached hydrogen (secondary N) is 2. The van der Waals surface area contributed by atoms with Gasteiger partial charge in [0, 0.05) is 38.4 Å². The number of nitrogens with zero attached hydrogens (tertiary/aromatic N) is 2. The highest BCUT2D eigenvalue weighted by Crippen LogP contribution is 2.21. The molecular weight excluding hydrogens is 332 g/mol. The zero-order valence-electron chi connectivity index (χ0n) is 14.3. The van der Waals surface area contributed by atoms with Gasteiger partial charge in [0.05, 0.1) is 5.52 Å². The second kappa shape index (κ2) is 6.95. The Morgan fingerprint density at radius 1 is 1.08 bits per heavy atom. The Kier molecular flexibility index (Phi) is 4.35. The molecule has 2 heterocycles. The number of hydrogen-bond donors (Lipinski definition) is 2. The number of hydrogen-bond acceptors (Lipinski definition) is 4. The van der Waals surface area contributed by atoms with Crippen molar-refractivity contribution < 1.29 is 9.21 Å². The summed E-state index contributed by atoms with van der Waals surface area (Å²) in [4.78, 5) is 30.3. The van der Waals surface area contributed by atoms with Crippen molar-refractivity contribution in [2.24, 2.45) is 0 Å². The molecule has 1 fully saturated rings. The van der Waals surface area contributed by atoms with Gasteiger partial charge in [0.2, 0.25) is 0 Å². The van der Waals surface area contributed by atoms with Gasteiger partial charge in [-0.2, -0.15) is 0 Å². The highest BCUT2D eigenvalue weighted by atomic mass is 16.4. The lowest BCUT2D eigenvalue weighted by molar-refractivity contribution is 0.194. The van der Waals surface area contributed by atoms with Crippen molar-refractivity contribution in [3.63, 3.8) is 0 Å². The largest absolute Gasteiger partial charge is 0.417 e. The van der Waals surface area contributed by atoms with E-state index in [1.807, 2.05) is 47.4 Å². The molecule has 1 aromatic heterocycles. The van der Waals surface area contributed by atoms with Gasteiger partial charge in [-0.3, -0.25) is 4.98 Å². The molecule has 3 aromatic rings. The minimum Gasteiger partial charge on any atom is -0.408 e. The van der Waals surface area contributed by atoms with Crippen LogP contribution in [0.3, 0.4) is 0 Å². The third-order valence-electron chi connectivity index (χ3n) is 4.62. The minimum atomic E-state index is -0.447. The van der Waals surface area contributed by atoms with Gasteiger partial charge >= 0.3 is 11.8 Å². The van der Waals surface area contributed by atoms with Gasteiger partial charge in [0.15, 0.2) is 5.58 Å². The van der Waals surface area contributed by atoms with E-state index in [4.69, 9.17) is 4.42 Å². The lowest BCUT2D eigenvalue weighted by Crippen LogP contribution is -2.51. The van der Waals surface area contributed by atoms with E-state index in [2.05, 4.69) is 15.2 Å². The minimum absolute atomic E-state index is 0.0388. The SMILES string of the molecule is O=C(NCc1ccccc1)N1CCN(c2ccc3oc(=O)[nH]c3c2)CC1. The van der Waals surface area contributed by atoms with Crippen LogP contribution >= 0.6 is 0 Å². The molecule has 7 nitrogen and oxygen atoms in total. The number of aromatic amines is 1. The van der Waals surface area contributed by atoms with E-state index < -0.39 is 5.76 Å². The van der Waals surface area contributed by atoms with Gasteiger partial charge in [-0.25, -0.2) is 9.59 Å². The quantitative estimate of drug-likeness (QED) is 0.757. The molecule has 7 heteroatoms. The van der Waals surface area contributed by atoms with E-state index in [0.717, 1.165) is 24.3 Å². The molecule has 1 saturated heterocycles. The molecule has 1 aliphatic heterocycles. The molecule has 0 bridgehead atoms. The van der Waals surface area contributed by atoms with Crippen molar-refractivity contribution in [1.29, 1.82) is 0 Å². The fourth-order valence-corrected chi connectivity index (χ4v) is 3.19. The molecule has 134 valence electrons. The molecule has 26 heavy (non-hydrogen) atoms. The maximum absolute atomic E-state index is 12.3. The van der Waals surface area contributed by atoms with Crippen LogP contribution in [0.5, 0.6) is 0 Å². The van der Waals surface area contributed by atoms with E-state index in [9.17, 15) is 9.59 Å². The molecule has 0 atom stereocenters. The maximum Gasteiger partial charge on any atom is 0.417 e. The molecule has 4 rings (SSSR count). The van der Waals surface area contributed by atoms with Crippen molar-refractivity contribution in [3.05, 3.63) is 64.6 Å². The average Bonchev–Trinajstić information content (AvgIpc) is 3.06. The number of H-pyrrole nitrogens is 1. The predicted molar refractivity (Wildman–Crippen MR) is 99.3 cm³/mol. The number of carbonyl (C=O) groups is 1. The molecule has 2 aromatic carbocycles. The molecule has 0 aliphatic carbocycles. The number of oxazole rings is 1. The number of aromatic nitrogens is 1. The normalized spacial score (nSPS) is 14.6. The van der Waals surface area contributed by atoms with Gasteiger partial charge < -0.3 is 19.5 Å². The number of amides is 2. The summed E-state index contributed by atoms with van der Waals surface area (Å²) < 4.78 is 5.03. The maximum atomic E-state index is 12.3. The lowest BCUT2D eigenvalue weighted by Gasteiger charge is -2.36. The van der Waals surface area contributed by atoms with E-state index >= 15 is 0 Å². The highest BCUT2D eigenvalue weighted by Gasteiger charge is 2.21. The third kappa shape index (κ3) is 3.42. The van der Waals surface area contributed by atoms with Crippen LogP contribution in [-0.4, -0.2) is 42.1 Å². The summed E-state index contributed by atoms with van der Waals surface area (Å²) in [6, 6.07) is 15.5. The Morgan fingerprint density at radius 2 is 1.85 bits per heavy atom. The predicted octanol–water partition coefficient (Wildman–Crippen LogP) is 2.15. The Bertz CT molecular complexity index is 956. The molecule has 0 spiro atoms. The van der Waals surface area contributed by atoms with Crippen LogP contribution in [-0.2, 0) is 6.54 Å². The average molecular weight is 352 g/mol. The van der Waals surface area contributed by atoms with Crippen molar-refractivity contribution >= 4 is 22.8 Å². The number of urea groups is 1. The molecular formula is C19H20N4O3. The standard InChI is InChI=1S/C19H20N4O3/c24-18(20-13-14-4-2-1-3-5-14)23-10-8-22(9-11-23)15-6-7-17-16(12-15)21-19(25)26-17/h1-7,12H,8-11,13H2,(H,20,24)(H,21,25). The fraction of sp³-hybridized carbons (Fsp3) is 0.263. The monoisotopic (exact) mass is 352 g/mol. The molecule has 0 unspecified atom stereocenters. The first-order chi connectivity index (χ1) is 12.7.